The van der Waals surface area contributed by atoms with Crippen LogP contribution in [0.5, 0.6) is 0 Å². The lowest BCUT2D eigenvalue weighted by atomic mass is 10.0. The highest BCUT2D eigenvalue weighted by molar-refractivity contribution is 14.0. The topological polar surface area (TPSA) is 48.9 Å². The molecule has 0 aromatic heterocycles. The molecule has 0 unspecified atom stereocenters. The normalized spacial score (nSPS) is 16.3. The average Bonchev–Trinajstić information content (AvgIpc) is 2.63. The highest BCUT2D eigenvalue weighted by atomic mass is 127. The molecule has 0 atom stereocenters. The number of halogens is 2. The lowest BCUT2D eigenvalue weighted by molar-refractivity contribution is 0.0776. The number of rotatable bonds is 8. The van der Waals surface area contributed by atoms with Gasteiger partial charge in [0, 0.05) is 50.3 Å². The first kappa shape index (κ1) is 24.7. The van der Waals surface area contributed by atoms with E-state index in [1.54, 1.807) is 0 Å². The molecule has 0 aliphatic carbocycles. The lowest BCUT2D eigenvalue weighted by Crippen LogP contribution is -2.48. The summed E-state index contributed by atoms with van der Waals surface area (Å²) in [4.78, 5) is 6.87. The van der Waals surface area contributed by atoms with Crippen LogP contribution in [0.2, 0.25) is 0 Å². The number of aliphatic imine (C=N–C) groups is 1. The van der Waals surface area contributed by atoms with Gasteiger partial charge in [0.25, 0.3) is 0 Å². The number of guanidine groups is 1. The van der Waals surface area contributed by atoms with E-state index < -0.39 is 0 Å². The second-order valence-electron chi connectivity index (χ2n) is 7.09. The van der Waals surface area contributed by atoms with Crippen molar-refractivity contribution in [3.63, 3.8) is 0 Å². The van der Waals surface area contributed by atoms with Crippen LogP contribution in [0, 0.1) is 0 Å². The van der Waals surface area contributed by atoms with Gasteiger partial charge in [0.15, 0.2) is 5.96 Å². The van der Waals surface area contributed by atoms with E-state index >= 15 is 0 Å². The molecular formula is C20H34BrIN4O. The van der Waals surface area contributed by atoms with Gasteiger partial charge in [-0.05, 0) is 50.8 Å². The number of hydrogen-bond acceptors (Lipinski definition) is 3. The zero-order chi connectivity index (χ0) is 18.8. The minimum absolute atomic E-state index is 0. The Hall–Kier alpha value is -0.380. The predicted octanol–water partition coefficient (Wildman–Crippen LogP) is 4.01. The first-order valence-corrected chi connectivity index (χ1v) is 10.4. The lowest BCUT2D eigenvalue weighted by Gasteiger charge is -2.33. The quantitative estimate of drug-likeness (QED) is 0.221. The Labute approximate surface area is 189 Å². The van der Waals surface area contributed by atoms with Crippen LogP contribution in [0.3, 0.4) is 0 Å². The largest absolute Gasteiger partial charge is 0.379 e. The molecule has 7 heteroatoms. The van der Waals surface area contributed by atoms with Gasteiger partial charge in [0.1, 0.15) is 0 Å². The van der Waals surface area contributed by atoms with Crippen LogP contribution in [-0.4, -0.2) is 56.3 Å². The summed E-state index contributed by atoms with van der Waals surface area (Å²) in [5, 5.41) is 6.95. The maximum atomic E-state index is 5.57. The summed E-state index contributed by atoms with van der Waals surface area (Å²) in [5.74, 6) is 0.904. The highest BCUT2D eigenvalue weighted by Crippen LogP contribution is 2.16. The fraction of sp³-hybridized carbons (Fsp3) is 0.650. The van der Waals surface area contributed by atoms with Crippen molar-refractivity contribution < 1.29 is 4.74 Å². The summed E-state index contributed by atoms with van der Waals surface area (Å²) in [6.45, 7) is 9.07. The van der Waals surface area contributed by atoms with Crippen LogP contribution >= 0.6 is 39.9 Å². The Kier molecular flexibility index (Phi) is 12.5. The van der Waals surface area contributed by atoms with Crippen molar-refractivity contribution in [3.05, 3.63) is 34.3 Å². The first-order chi connectivity index (χ1) is 12.6. The van der Waals surface area contributed by atoms with Crippen molar-refractivity contribution in [2.45, 2.75) is 51.8 Å². The number of likely N-dealkylation sites (tertiary alicyclic amines) is 1. The fourth-order valence-corrected chi connectivity index (χ4v) is 3.33. The molecule has 1 aromatic rings. The molecule has 1 aliphatic heterocycles. The van der Waals surface area contributed by atoms with Crippen LogP contribution < -0.4 is 10.6 Å². The zero-order valence-electron chi connectivity index (χ0n) is 16.7. The Morgan fingerprint density at radius 1 is 1.26 bits per heavy atom. The van der Waals surface area contributed by atoms with Crippen LogP contribution in [-0.2, 0) is 11.3 Å². The maximum Gasteiger partial charge on any atom is 0.191 e. The third-order valence-corrected chi connectivity index (χ3v) is 5.06. The summed E-state index contributed by atoms with van der Waals surface area (Å²) in [7, 11) is 1.84. The van der Waals surface area contributed by atoms with Gasteiger partial charge >= 0.3 is 0 Å². The monoisotopic (exact) mass is 552 g/mol. The molecule has 154 valence electrons. The van der Waals surface area contributed by atoms with Gasteiger partial charge in [0.05, 0.1) is 6.10 Å². The molecule has 0 spiro atoms. The van der Waals surface area contributed by atoms with Crippen molar-refractivity contribution in [1.82, 2.24) is 15.5 Å². The van der Waals surface area contributed by atoms with Gasteiger partial charge in [-0.2, -0.15) is 0 Å². The van der Waals surface area contributed by atoms with Gasteiger partial charge in [-0.15, -0.1) is 24.0 Å². The third kappa shape index (κ3) is 10.1. The molecule has 2 N–H and O–H groups in total. The van der Waals surface area contributed by atoms with Crippen molar-refractivity contribution in [1.29, 1.82) is 0 Å². The van der Waals surface area contributed by atoms with E-state index in [0.29, 0.717) is 12.1 Å². The molecule has 0 saturated carbocycles. The van der Waals surface area contributed by atoms with Gasteiger partial charge in [-0.25, -0.2) is 0 Å². The maximum absolute atomic E-state index is 5.57. The Bertz CT molecular complexity index is 545. The fourth-order valence-electron chi connectivity index (χ4n) is 3.07. The van der Waals surface area contributed by atoms with Crippen molar-refractivity contribution in [2.24, 2.45) is 4.99 Å². The minimum Gasteiger partial charge on any atom is -0.379 e. The SMILES string of the molecule is CN=C(NCCCOC(C)C)NC1CCN(Cc2ccc(Br)cc2)CC1.I. The van der Waals surface area contributed by atoms with Gasteiger partial charge in [0.2, 0.25) is 0 Å². The number of nitrogens with one attached hydrogen (secondary N) is 2. The number of nitrogens with zero attached hydrogens (tertiary/aromatic N) is 2. The second-order valence-corrected chi connectivity index (χ2v) is 8.01. The minimum atomic E-state index is 0. The summed E-state index contributed by atoms with van der Waals surface area (Å²) in [6.07, 6.45) is 3.58. The van der Waals surface area contributed by atoms with E-state index in [2.05, 4.69) is 74.6 Å². The molecule has 1 aromatic carbocycles. The van der Waals surface area contributed by atoms with Crippen LogP contribution in [0.25, 0.3) is 0 Å². The smallest absolute Gasteiger partial charge is 0.191 e. The highest BCUT2D eigenvalue weighted by Gasteiger charge is 2.19. The van der Waals surface area contributed by atoms with Crippen LogP contribution in [0.15, 0.2) is 33.7 Å². The van der Waals surface area contributed by atoms with E-state index in [1.807, 2.05) is 7.05 Å². The van der Waals surface area contributed by atoms with E-state index in [0.717, 1.165) is 62.5 Å². The first-order valence-electron chi connectivity index (χ1n) is 9.62. The Morgan fingerprint density at radius 2 is 1.93 bits per heavy atom. The third-order valence-electron chi connectivity index (χ3n) is 4.54. The summed E-state index contributed by atoms with van der Waals surface area (Å²) in [5.41, 5.74) is 1.38. The molecule has 27 heavy (non-hydrogen) atoms. The van der Waals surface area contributed by atoms with E-state index in [4.69, 9.17) is 4.74 Å². The average molecular weight is 553 g/mol. The number of hydrogen-bond donors (Lipinski definition) is 2. The molecule has 0 amide bonds. The van der Waals surface area contributed by atoms with E-state index in [-0.39, 0.29) is 24.0 Å². The van der Waals surface area contributed by atoms with Gasteiger partial charge in [-0.3, -0.25) is 9.89 Å². The van der Waals surface area contributed by atoms with Crippen molar-refractivity contribution in [2.75, 3.05) is 33.3 Å². The summed E-state index contributed by atoms with van der Waals surface area (Å²) < 4.78 is 6.70. The molecule has 0 bridgehead atoms. The Morgan fingerprint density at radius 3 is 2.52 bits per heavy atom. The van der Waals surface area contributed by atoms with Crippen LogP contribution in [0.4, 0.5) is 0 Å². The van der Waals surface area contributed by atoms with Crippen molar-refractivity contribution in [3.8, 4) is 0 Å². The number of ether oxygens (including phenoxy) is 1. The van der Waals surface area contributed by atoms with Crippen molar-refractivity contribution >= 4 is 45.9 Å². The summed E-state index contributed by atoms with van der Waals surface area (Å²) in [6, 6.07) is 9.12. The molecule has 5 nitrogen and oxygen atoms in total. The van der Waals surface area contributed by atoms with E-state index in [1.165, 1.54) is 5.56 Å². The predicted molar refractivity (Wildman–Crippen MR) is 128 cm³/mol. The van der Waals surface area contributed by atoms with Gasteiger partial charge < -0.3 is 15.4 Å². The molecule has 0 radical (unpaired) electrons. The molecule has 2 rings (SSSR count). The van der Waals surface area contributed by atoms with Gasteiger partial charge in [-0.1, -0.05) is 28.1 Å². The number of benzene rings is 1. The molecule has 1 aliphatic rings. The molecule has 1 saturated heterocycles. The Balaban J connectivity index is 0.00000364. The standard InChI is InChI=1S/C20H33BrN4O.HI/c1-16(2)26-14-4-11-23-20(22-3)24-19-9-12-25(13-10-19)15-17-5-7-18(21)8-6-17;/h5-8,16,19H,4,9-15H2,1-3H3,(H2,22,23,24);1H. The molecular weight excluding hydrogens is 519 g/mol. The zero-order valence-corrected chi connectivity index (χ0v) is 20.6. The summed E-state index contributed by atoms with van der Waals surface area (Å²) >= 11 is 3.49. The molecule has 1 fully saturated rings. The van der Waals surface area contributed by atoms with E-state index in [9.17, 15) is 0 Å². The molecule has 1 heterocycles. The van der Waals surface area contributed by atoms with Crippen LogP contribution in [0.1, 0.15) is 38.7 Å². The number of piperidine rings is 1. The second kappa shape index (κ2) is 13.7.